The smallest absolute Gasteiger partial charge is 0.0683 e. The topological polar surface area (TPSA) is 21.3 Å². The Balaban J connectivity index is 1.95. The average Bonchev–Trinajstić information content (AvgIpc) is 2.85. The second kappa shape index (κ2) is 8.34. The summed E-state index contributed by atoms with van der Waals surface area (Å²) in [6.45, 7) is 3.33. The predicted molar refractivity (Wildman–Crippen MR) is 101 cm³/mol. The number of rotatable bonds is 3. The van der Waals surface area contributed by atoms with Gasteiger partial charge in [0.1, 0.15) is 0 Å². The van der Waals surface area contributed by atoms with Gasteiger partial charge in [-0.2, -0.15) is 0 Å². The fourth-order valence-corrected chi connectivity index (χ4v) is 7.84. The third-order valence-corrected chi connectivity index (χ3v) is 9.00. The van der Waals surface area contributed by atoms with E-state index < -0.39 is 0 Å². The van der Waals surface area contributed by atoms with Gasteiger partial charge in [0.2, 0.25) is 0 Å². The third-order valence-electron chi connectivity index (χ3n) is 6.12. The van der Waals surface area contributed by atoms with Gasteiger partial charge in [0.25, 0.3) is 0 Å². The Labute approximate surface area is 144 Å². The lowest BCUT2D eigenvalue weighted by atomic mass is 9.78. The number of ether oxygens (including phenoxy) is 1. The van der Waals surface area contributed by atoms with E-state index >= 15 is 0 Å². The maximum atomic E-state index is 6.52. The standard InChI is InChI=1S/C20H33NOSi/c1-2-17-11-10-15-22-19(17)20(13-7-3-4-9-16-23-20)18-12-6-5-8-14-21-18/h5-6,8,12,14,17,19,21H,2-4,7,9-11,13,15-16,23H2,1H3. The average molecular weight is 332 g/mol. The molecule has 0 spiro atoms. The Kier molecular flexibility index (Phi) is 6.18. The van der Waals surface area contributed by atoms with E-state index in [1.807, 2.05) is 0 Å². The first-order chi connectivity index (χ1) is 11.4. The zero-order chi connectivity index (χ0) is 16.0. The quantitative estimate of drug-likeness (QED) is 0.771. The van der Waals surface area contributed by atoms with Crippen LogP contribution in [0.3, 0.4) is 0 Å². The summed E-state index contributed by atoms with van der Waals surface area (Å²) in [4.78, 5) is 0. The molecule has 3 rings (SSSR count). The second-order valence-corrected chi connectivity index (χ2v) is 9.96. The molecule has 0 aliphatic carbocycles. The lowest BCUT2D eigenvalue weighted by Crippen LogP contribution is -2.47. The Bertz CT molecular complexity index is 460. The molecule has 3 unspecified atom stereocenters. The number of hydrogen-bond donors (Lipinski definition) is 1. The van der Waals surface area contributed by atoms with Crippen molar-refractivity contribution < 1.29 is 4.74 Å². The van der Waals surface area contributed by atoms with Gasteiger partial charge in [0, 0.05) is 33.1 Å². The monoisotopic (exact) mass is 331 g/mol. The molecule has 2 nitrogen and oxygen atoms in total. The molecule has 128 valence electrons. The van der Waals surface area contributed by atoms with Gasteiger partial charge in [-0.1, -0.05) is 57.2 Å². The third kappa shape index (κ3) is 3.82. The summed E-state index contributed by atoms with van der Waals surface area (Å²) in [7, 11) is -0.211. The van der Waals surface area contributed by atoms with Crippen molar-refractivity contribution in [1.29, 1.82) is 0 Å². The van der Waals surface area contributed by atoms with Crippen molar-refractivity contribution in [3.8, 4) is 0 Å². The minimum atomic E-state index is -0.211. The van der Waals surface area contributed by atoms with Crippen LogP contribution >= 0.6 is 0 Å². The Morgan fingerprint density at radius 1 is 1.17 bits per heavy atom. The van der Waals surface area contributed by atoms with Crippen LogP contribution in [-0.4, -0.2) is 22.2 Å². The van der Waals surface area contributed by atoms with Crippen LogP contribution in [0.4, 0.5) is 0 Å². The fourth-order valence-electron chi connectivity index (χ4n) is 4.88. The highest BCUT2D eigenvalue weighted by Gasteiger charge is 2.46. The van der Waals surface area contributed by atoms with Gasteiger partial charge in [0.05, 0.1) is 6.10 Å². The van der Waals surface area contributed by atoms with Crippen molar-refractivity contribution in [2.45, 2.75) is 75.5 Å². The van der Waals surface area contributed by atoms with Crippen LogP contribution in [0.15, 0.2) is 36.2 Å². The van der Waals surface area contributed by atoms with Gasteiger partial charge < -0.3 is 10.1 Å². The maximum Gasteiger partial charge on any atom is 0.0683 e. The molecule has 3 heteroatoms. The van der Waals surface area contributed by atoms with Crippen LogP contribution in [0.1, 0.15) is 58.3 Å². The molecule has 1 N–H and O–H groups in total. The molecule has 3 heterocycles. The molecule has 2 saturated heterocycles. The van der Waals surface area contributed by atoms with Gasteiger partial charge in [-0.3, -0.25) is 0 Å². The van der Waals surface area contributed by atoms with E-state index in [-0.39, 0.29) is 9.52 Å². The minimum Gasteiger partial charge on any atom is -0.377 e. The van der Waals surface area contributed by atoms with E-state index in [2.05, 4.69) is 42.7 Å². The molecule has 0 aromatic heterocycles. The Morgan fingerprint density at radius 2 is 2.09 bits per heavy atom. The minimum absolute atomic E-state index is 0.211. The summed E-state index contributed by atoms with van der Waals surface area (Å²) in [6.07, 6.45) is 22.2. The van der Waals surface area contributed by atoms with Gasteiger partial charge in [-0.25, -0.2) is 0 Å². The Morgan fingerprint density at radius 3 is 3.00 bits per heavy atom. The predicted octanol–water partition coefficient (Wildman–Crippen LogP) is 4.46. The number of hydrogen-bond acceptors (Lipinski definition) is 2. The molecule has 0 aromatic rings. The molecule has 0 bridgehead atoms. The maximum absolute atomic E-state index is 6.52. The van der Waals surface area contributed by atoms with Crippen LogP contribution in [0.5, 0.6) is 0 Å². The molecule has 0 radical (unpaired) electrons. The molecule has 2 fully saturated rings. The lowest BCUT2D eigenvalue weighted by Gasteiger charge is -2.48. The number of allylic oxidation sites excluding steroid dienone is 4. The summed E-state index contributed by atoms with van der Waals surface area (Å²) >= 11 is 0. The molecule has 3 atom stereocenters. The van der Waals surface area contributed by atoms with E-state index in [4.69, 9.17) is 4.74 Å². The summed E-state index contributed by atoms with van der Waals surface area (Å²) in [5.41, 5.74) is 1.46. The van der Waals surface area contributed by atoms with Crippen LogP contribution in [0.2, 0.25) is 11.1 Å². The zero-order valence-corrected chi connectivity index (χ0v) is 16.1. The Hall–Kier alpha value is -0.803. The van der Waals surface area contributed by atoms with Crippen LogP contribution in [0.25, 0.3) is 0 Å². The van der Waals surface area contributed by atoms with Crippen molar-refractivity contribution >= 4 is 9.52 Å². The summed E-state index contributed by atoms with van der Waals surface area (Å²) in [5.74, 6) is 0.745. The largest absolute Gasteiger partial charge is 0.377 e. The second-order valence-electron chi connectivity index (χ2n) is 7.49. The highest BCUT2D eigenvalue weighted by molar-refractivity contribution is 6.41. The molecule has 0 saturated carbocycles. The van der Waals surface area contributed by atoms with Gasteiger partial charge in [-0.05, 0) is 37.3 Å². The van der Waals surface area contributed by atoms with Crippen LogP contribution < -0.4 is 5.32 Å². The molecule has 0 amide bonds. The molecule has 3 aliphatic rings. The van der Waals surface area contributed by atoms with Crippen molar-refractivity contribution in [2.24, 2.45) is 5.92 Å². The highest BCUT2D eigenvalue weighted by atomic mass is 28.2. The number of nitrogens with one attached hydrogen (secondary N) is 1. The molecule has 0 aromatic carbocycles. The zero-order valence-electron chi connectivity index (χ0n) is 14.7. The first kappa shape index (κ1) is 17.0. The van der Waals surface area contributed by atoms with Crippen molar-refractivity contribution in [3.63, 3.8) is 0 Å². The highest BCUT2D eigenvalue weighted by Crippen LogP contribution is 2.51. The SMILES string of the molecule is CCC1CCCOC1C1(C2=CC=CC=CN2)CCCCCC[SiH2]1. The van der Waals surface area contributed by atoms with Crippen LogP contribution in [0, 0.1) is 5.92 Å². The van der Waals surface area contributed by atoms with Gasteiger partial charge in [0.15, 0.2) is 0 Å². The van der Waals surface area contributed by atoms with Gasteiger partial charge >= 0.3 is 0 Å². The van der Waals surface area contributed by atoms with E-state index in [1.165, 1.54) is 63.1 Å². The van der Waals surface area contributed by atoms with E-state index in [0.29, 0.717) is 11.1 Å². The molecule has 3 aliphatic heterocycles. The summed E-state index contributed by atoms with van der Waals surface area (Å²) < 4.78 is 6.52. The van der Waals surface area contributed by atoms with E-state index in [0.717, 1.165) is 12.5 Å². The molecular formula is C20H33NOSi. The van der Waals surface area contributed by atoms with Crippen molar-refractivity contribution in [2.75, 3.05) is 6.61 Å². The normalized spacial score (nSPS) is 36.7. The lowest BCUT2D eigenvalue weighted by molar-refractivity contribution is -0.0515. The van der Waals surface area contributed by atoms with Crippen molar-refractivity contribution in [1.82, 2.24) is 5.32 Å². The fraction of sp³-hybridized carbons (Fsp3) is 0.700. The first-order valence-electron chi connectivity index (χ1n) is 9.79. The summed E-state index contributed by atoms with van der Waals surface area (Å²) in [5, 5.41) is 3.98. The van der Waals surface area contributed by atoms with Gasteiger partial charge in [-0.15, -0.1) is 0 Å². The summed E-state index contributed by atoms with van der Waals surface area (Å²) in [6, 6.07) is 1.47. The molecule has 23 heavy (non-hydrogen) atoms. The molecular weight excluding hydrogens is 298 g/mol. The van der Waals surface area contributed by atoms with Crippen LogP contribution in [-0.2, 0) is 4.74 Å². The van der Waals surface area contributed by atoms with E-state index in [9.17, 15) is 0 Å². The van der Waals surface area contributed by atoms with E-state index in [1.54, 1.807) is 0 Å². The van der Waals surface area contributed by atoms with Crippen molar-refractivity contribution in [3.05, 3.63) is 36.2 Å². The first-order valence-corrected chi connectivity index (χ1v) is 11.5.